The van der Waals surface area contributed by atoms with E-state index in [-0.39, 0.29) is 18.2 Å². The van der Waals surface area contributed by atoms with Crippen molar-refractivity contribution in [3.63, 3.8) is 0 Å². The summed E-state index contributed by atoms with van der Waals surface area (Å²) in [6, 6.07) is 9.60. The zero-order valence-corrected chi connectivity index (χ0v) is 15.2. The third-order valence-electron chi connectivity index (χ3n) is 4.77. The number of carbonyl (C=O) groups is 1. The molecule has 2 aromatic heterocycles. The summed E-state index contributed by atoms with van der Waals surface area (Å²) < 4.78 is 11.2. The van der Waals surface area contributed by atoms with Crippen LogP contribution in [0.25, 0.3) is 10.9 Å². The fourth-order valence-corrected chi connectivity index (χ4v) is 3.33. The van der Waals surface area contributed by atoms with Crippen LogP contribution in [0.1, 0.15) is 22.8 Å². The van der Waals surface area contributed by atoms with Crippen molar-refractivity contribution in [3.8, 4) is 5.75 Å². The molecule has 1 atom stereocenters. The lowest BCUT2D eigenvalue weighted by molar-refractivity contribution is 0.0942. The maximum Gasteiger partial charge on any atom is 0.273 e. The second-order valence-electron chi connectivity index (χ2n) is 6.87. The van der Waals surface area contributed by atoms with Crippen molar-refractivity contribution >= 4 is 16.8 Å². The average molecular weight is 366 g/mol. The number of hydrogen-bond donors (Lipinski definition) is 1. The Hall–Kier alpha value is -2.93. The van der Waals surface area contributed by atoms with Crippen molar-refractivity contribution in [2.24, 2.45) is 5.92 Å². The first-order valence-corrected chi connectivity index (χ1v) is 9.07. The molecule has 0 aliphatic carbocycles. The standard InChI is InChI=1S/C20H22N4O3/c1-24-9-7-14(11-24)10-22-20(25)16-12-27-18(23-16)13-26-17-6-2-4-15-5-3-8-21-19(15)17/h2-6,8,12,14H,7,9-11,13H2,1H3,(H,22,25)/t14-/m0/s1. The van der Waals surface area contributed by atoms with Gasteiger partial charge in [0, 0.05) is 24.7 Å². The van der Waals surface area contributed by atoms with Crippen LogP contribution in [0.3, 0.4) is 0 Å². The topological polar surface area (TPSA) is 80.5 Å². The highest BCUT2D eigenvalue weighted by molar-refractivity contribution is 5.91. The Labute approximate surface area is 157 Å². The summed E-state index contributed by atoms with van der Waals surface area (Å²) in [5.74, 6) is 1.29. The average Bonchev–Trinajstić information content (AvgIpc) is 3.33. The van der Waals surface area contributed by atoms with E-state index in [1.54, 1.807) is 6.20 Å². The van der Waals surface area contributed by atoms with Gasteiger partial charge < -0.3 is 19.4 Å². The summed E-state index contributed by atoms with van der Waals surface area (Å²) in [5, 5.41) is 3.93. The minimum absolute atomic E-state index is 0.135. The Morgan fingerprint density at radius 3 is 3.11 bits per heavy atom. The number of hydrogen-bond acceptors (Lipinski definition) is 6. The third-order valence-corrected chi connectivity index (χ3v) is 4.77. The number of fused-ring (bicyclic) bond motifs is 1. The molecule has 3 heterocycles. The molecule has 1 saturated heterocycles. The van der Waals surface area contributed by atoms with Gasteiger partial charge in [-0.05, 0) is 38.1 Å². The van der Waals surface area contributed by atoms with Gasteiger partial charge in [0.1, 0.15) is 17.5 Å². The number of amides is 1. The number of aromatic nitrogens is 2. The Bertz CT molecular complexity index is 934. The Balaban J connectivity index is 1.34. The van der Waals surface area contributed by atoms with Crippen LogP contribution in [0.2, 0.25) is 0 Å². The van der Waals surface area contributed by atoms with Crippen molar-refractivity contribution in [1.29, 1.82) is 0 Å². The number of ether oxygens (including phenoxy) is 1. The van der Waals surface area contributed by atoms with Crippen molar-refractivity contribution < 1.29 is 13.9 Å². The van der Waals surface area contributed by atoms with Gasteiger partial charge in [0.05, 0.1) is 0 Å². The largest absolute Gasteiger partial charge is 0.482 e. The highest BCUT2D eigenvalue weighted by Crippen LogP contribution is 2.23. The van der Waals surface area contributed by atoms with Crippen LogP contribution in [0.5, 0.6) is 5.75 Å². The smallest absolute Gasteiger partial charge is 0.273 e. The van der Waals surface area contributed by atoms with E-state index < -0.39 is 0 Å². The van der Waals surface area contributed by atoms with Crippen LogP contribution in [0.15, 0.2) is 47.2 Å². The Morgan fingerprint density at radius 2 is 2.26 bits per heavy atom. The molecule has 140 valence electrons. The highest BCUT2D eigenvalue weighted by Gasteiger charge is 2.21. The molecule has 1 aliphatic heterocycles. The number of nitrogens with zero attached hydrogens (tertiary/aromatic N) is 3. The monoisotopic (exact) mass is 366 g/mol. The molecule has 7 heteroatoms. The second-order valence-corrected chi connectivity index (χ2v) is 6.87. The molecule has 3 aromatic rings. The van der Waals surface area contributed by atoms with Crippen molar-refractivity contribution in [2.45, 2.75) is 13.0 Å². The van der Waals surface area contributed by atoms with Crippen LogP contribution < -0.4 is 10.1 Å². The van der Waals surface area contributed by atoms with Gasteiger partial charge in [-0.15, -0.1) is 0 Å². The number of para-hydroxylation sites is 1. The molecular weight excluding hydrogens is 344 g/mol. The lowest BCUT2D eigenvalue weighted by Crippen LogP contribution is -2.30. The van der Waals surface area contributed by atoms with E-state index in [1.165, 1.54) is 6.26 Å². The van der Waals surface area contributed by atoms with Crippen LogP contribution in [-0.2, 0) is 6.61 Å². The molecule has 7 nitrogen and oxygen atoms in total. The number of carbonyl (C=O) groups excluding carboxylic acids is 1. The number of likely N-dealkylation sites (tertiary alicyclic amines) is 1. The Morgan fingerprint density at radius 1 is 1.37 bits per heavy atom. The van der Waals surface area contributed by atoms with Gasteiger partial charge in [0.15, 0.2) is 12.3 Å². The minimum Gasteiger partial charge on any atom is -0.482 e. The van der Waals surface area contributed by atoms with Gasteiger partial charge in [-0.3, -0.25) is 9.78 Å². The zero-order chi connectivity index (χ0) is 18.6. The maximum absolute atomic E-state index is 12.2. The van der Waals surface area contributed by atoms with E-state index in [0.717, 1.165) is 30.4 Å². The Kier molecular flexibility index (Phi) is 5.02. The van der Waals surface area contributed by atoms with Crippen molar-refractivity contribution in [1.82, 2.24) is 20.2 Å². The van der Waals surface area contributed by atoms with Gasteiger partial charge in [0.25, 0.3) is 5.91 Å². The van der Waals surface area contributed by atoms with Gasteiger partial charge in [0.2, 0.25) is 5.89 Å². The molecule has 1 fully saturated rings. The molecule has 0 bridgehead atoms. The molecular formula is C20H22N4O3. The van der Waals surface area contributed by atoms with Crippen LogP contribution in [0.4, 0.5) is 0 Å². The van der Waals surface area contributed by atoms with E-state index in [1.807, 2.05) is 30.3 Å². The summed E-state index contributed by atoms with van der Waals surface area (Å²) in [6.07, 6.45) is 4.20. The van der Waals surface area contributed by atoms with Gasteiger partial charge in [-0.1, -0.05) is 18.2 Å². The second kappa shape index (κ2) is 7.75. The molecule has 0 saturated carbocycles. The SMILES string of the molecule is CN1CC[C@@H](CNC(=O)c2coc(COc3cccc4cccnc34)n2)C1. The highest BCUT2D eigenvalue weighted by atomic mass is 16.5. The molecule has 1 N–H and O–H groups in total. The summed E-state index contributed by atoms with van der Waals surface area (Å²) in [4.78, 5) is 23.1. The van der Waals surface area contributed by atoms with E-state index in [4.69, 9.17) is 9.15 Å². The fraction of sp³-hybridized carbons (Fsp3) is 0.350. The molecule has 1 aliphatic rings. The zero-order valence-electron chi connectivity index (χ0n) is 15.2. The summed E-state index contributed by atoms with van der Waals surface area (Å²) in [6.45, 7) is 2.88. The lowest BCUT2D eigenvalue weighted by atomic mass is 10.1. The van der Waals surface area contributed by atoms with E-state index in [0.29, 0.717) is 24.1 Å². The summed E-state index contributed by atoms with van der Waals surface area (Å²) in [5.41, 5.74) is 1.06. The quantitative estimate of drug-likeness (QED) is 0.722. The lowest BCUT2D eigenvalue weighted by Gasteiger charge is -2.10. The van der Waals surface area contributed by atoms with Crippen molar-refractivity contribution in [2.75, 3.05) is 26.7 Å². The fourth-order valence-electron chi connectivity index (χ4n) is 3.33. The number of benzene rings is 1. The predicted molar refractivity (Wildman–Crippen MR) is 101 cm³/mol. The molecule has 4 rings (SSSR count). The normalized spacial score (nSPS) is 17.3. The third kappa shape index (κ3) is 4.09. The number of nitrogens with one attached hydrogen (secondary N) is 1. The van der Waals surface area contributed by atoms with Gasteiger partial charge in [-0.25, -0.2) is 4.98 Å². The molecule has 0 radical (unpaired) electrons. The van der Waals surface area contributed by atoms with Crippen molar-refractivity contribution in [3.05, 3.63) is 54.4 Å². The maximum atomic E-state index is 12.2. The molecule has 1 aromatic carbocycles. The van der Waals surface area contributed by atoms with E-state index >= 15 is 0 Å². The van der Waals surface area contributed by atoms with E-state index in [9.17, 15) is 4.79 Å². The number of rotatable bonds is 6. The molecule has 1 amide bonds. The first-order valence-electron chi connectivity index (χ1n) is 9.07. The summed E-state index contributed by atoms with van der Waals surface area (Å²) in [7, 11) is 2.09. The molecule has 0 unspecified atom stereocenters. The van der Waals surface area contributed by atoms with E-state index in [2.05, 4.69) is 27.2 Å². The van der Waals surface area contributed by atoms with Crippen LogP contribution in [-0.4, -0.2) is 47.5 Å². The molecule has 0 spiro atoms. The first-order chi connectivity index (χ1) is 13.2. The first kappa shape index (κ1) is 17.5. The summed E-state index contributed by atoms with van der Waals surface area (Å²) >= 11 is 0. The predicted octanol–water partition coefficient (Wildman–Crippen LogP) is 2.48. The van der Waals surface area contributed by atoms with Gasteiger partial charge in [-0.2, -0.15) is 0 Å². The molecule has 27 heavy (non-hydrogen) atoms. The number of oxazole rings is 1. The van der Waals surface area contributed by atoms with Crippen LogP contribution >= 0.6 is 0 Å². The van der Waals surface area contributed by atoms with Crippen LogP contribution in [0, 0.1) is 5.92 Å². The number of pyridine rings is 1. The minimum atomic E-state index is -0.216. The van der Waals surface area contributed by atoms with Gasteiger partial charge >= 0.3 is 0 Å².